The minimum absolute atomic E-state index is 0.168. The zero-order chi connectivity index (χ0) is 11.4. The van der Waals surface area contributed by atoms with Crippen molar-refractivity contribution in [3.8, 4) is 12.3 Å². The van der Waals surface area contributed by atoms with Crippen molar-refractivity contribution in [3.05, 3.63) is 0 Å². The van der Waals surface area contributed by atoms with Gasteiger partial charge in [0.2, 0.25) is 0 Å². The van der Waals surface area contributed by atoms with Gasteiger partial charge in [-0.05, 0) is 0 Å². The number of hydrogen-bond donors (Lipinski definition) is 0. The lowest BCUT2D eigenvalue weighted by Gasteiger charge is -2.05. The molecule has 0 aromatic rings. The molecule has 0 aliphatic carbocycles. The molecule has 0 aliphatic heterocycles. The summed E-state index contributed by atoms with van der Waals surface area (Å²) >= 11 is 0. The first-order valence-electron chi connectivity index (χ1n) is 4.59. The normalized spacial score (nSPS) is 9.60. The fraction of sp³-hybridized carbons (Fsp3) is 0.700. The van der Waals surface area contributed by atoms with Crippen molar-refractivity contribution in [2.75, 3.05) is 46.8 Å². The number of hydrogen-bond acceptors (Lipinski definition) is 5. The summed E-state index contributed by atoms with van der Waals surface area (Å²) in [6.07, 6.45) is 4.78. The summed E-state index contributed by atoms with van der Waals surface area (Å²) in [7, 11) is 1.61. The third-order valence-corrected chi connectivity index (χ3v) is 1.38. The lowest BCUT2D eigenvalue weighted by molar-refractivity contribution is -0.138. The van der Waals surface area contributed by atoms with Crippen molar-refractivity contribution in [1.82, 2.24) is 0 Å². The average Bonchev–Trinajstić information content (AvgIpc) is 2.26. The number of carbonyl (C=O) groups is 1. The van der Waals surface area contributed by atoms with E-state index in [0.717, 1.165) is 0 Å². The summed E-state index contributed by atoms with van der Waals surface area (Å²) in [5, 5.41) is 0. The van der Waals surface area contributed by atoms with Gasteiger partial charge in [-0.25, -0.2) is 4.79 Å². The Bertz CT molecular complexity index is 196. The second-order valence-corrected chi connectivity index (χ2v) is 2.50. The summed E-state index contributed by atoms with van der Waals surface area (Å²) in [5.74, 6) is 1.16. The average molecular weight is 216 g/mol. The molecule has 0 radical (unpaired) electrons. The molecule has 86 valence electrons. The second kappa shape index (κ2) is 11.0. The molecule has 0 aliphatic rings. The van der Waals surface area contributed by atoms with E-state index in [-0.39, 0.29) is 6.61 Å². The maximum absolute atomic E-state index is 10.5. The Kier molecular flexibility index (Phi) is 10.2. The molecule has 0 saturated carbocycles. The standard InChI is InChI=1S/C10H16O5/c1-3-10(11)15-9-8-14-7-6-13-5-4-12-2/h1H,4-9H2,2H3. The molecule has 0 bridgehead atoms. The van der Waals surface area contributed by atoms with Gasteiger partial charge >= 0.3 is 5.97 Å². The topological polar surface area (TPSA) is 54.0 Å². The molecule has 0 aromatic heterocycles. The molecule has 0 spiro atoms. The third kappa shape index (κ3) is 10.8. The van der Waals surface area contributed by atoms with Gasteiger partial charge in [-0.15, -0.1) is 6.42 Å². The van der Waals surface area contributed by atoms with Crippen molar-refractivity contribution >= 4 is 5.97 Å². The molecule has 0 unspecified atom stereocenters. The molecule has 15 heavy (non-hydrogen) atoms. The molecule has 0 amide bonds. The SMILES string of the molecule is C#CC(=O)OCCOCCOCCOC. The molecule has 5 nitrogen and oxygen atoms in total. The Morgan fingerprint density at radius 3 is 2.13 bits per heavy atom. The first-order valence-corrected chi connectivity index (χ1v) is 4.59. The van der Waals surface area contributed by atoms with Gasteiger partial charge in [-0.1, -0.05) is 0 Å². The third-order valence-electron chi connectivity index (χ3n) is 1.38. The first kappa shape index (κ1) is 13.9. The first-order chi connectivity index (χ1) is 7.31. The molecule has 0 N–H and O–H groups in total. The van der Waals surface area contributed by atoms with Crippen LogP contribution in [0.1, 0.15) is 0 Å². The molecular formula is C10H16O5. The van der Waals surface area contributed by atoms with Crippen LogP contribution in [-0.4, -0.2) is 52.7 Å². The zero-order valence-electron chi connectivity index (χ0n) is 8.86. The molecule has 5 heteroatoms. The molecule has 0 heterocycles. The number of rotatable bonds is 9. The van der Waals surface area contributed by atoms with Gasteiger partial charge in [0.1, 0.15) is 6.61 Å². The Morgan fingerprint density at radius 1 is 1.07 bits per heavy atom. The van der Waals surface area contributed by atoms with Crippen molar-refractivity contribution < 1.29 is 23.7 Å². The molecule has 0 rings (SSSR count). The van der Waals surface area contributed by atoms with E-state index in [4.69, 9.17) is 20.6 Å². The Morgan fingerprint density at radius 2 is 1.60 bits per heavy atom. The predicted molar refractivity (Wildman–Crippen MR) is 53.3 cm³/mol. The minimum Gasteiger partial charge on any atom is -0.454 e. The Hall–Kier alpha value is -1.09. The molecule has 0 fully saturated rings. The number of terminal acetylenes is 1. The largest absolute Gasteiger partial charge is 0.454 e. The van der Waals surface area contributed by atoms with Gasteiger partial charge in [0.05, 0.1) is 33.0 Å². The lowest BCUT2D eigenvalue weighted by Crippen LogP contribution is -2.12. The summed E-state index contributed by atoms with van der Waals surface area (Å²) in [6.45, 7) is 2.55. The van der Waals surface area contributed by atoms with Crippen LogP contribution in [0.15, 0.2) is 0 Å². The summed E-state index contributed by atoms with van der Waals surface area (Å²) in [4.78, 5) is 10.5. The monoisotopic (exact) mass is 216 g/mol. The Balaban J connectivity index is 2.99. The van der Waals surface area contributed by atoms with Gasteiger partial charge in [-0.3, -0.25) is 0 Å². The highest BCUT2D eigenvalue weighted by molar-refractivity contribution is 5.87. The zero-order valence-corrected chi connectivity index (χ0v) is 8.86. The lowest BCUT2D eigenvalue weighted by atomic mass is 10.7. The minimum atomic E-state index is -0.671. The maximum atomic E-state index is 10.5. The van der Waals surface area contributed by atoms with E-state index < -0.39 is 5.97 Å². The van der Waals surface area contributed by atoms with E-state index in [1.165, 1.54) is 0 Å². The van der Waals surface area contributed by atoms with Crippen molar-refractivity contribution in [1.29, 1.82) is 0 Å². The van der Waals surface area contributed by atoms with Crippen LogP contribution in [0.4, 0.5) is 0 Å². The summed E-state index contributed by atoms with van der Waals surface area (Å²) < 4.78 is 19.6. The van der Waals surface area contributed by atoms with Crippen LogP contribution in [-0.2, 0) is 23.7 Å². The predicted octanol–water partition coefficient (Wildman–Crippen LogP) is -0.158. The van der Waals surface area contributed by atoms with E-state index >= 15 is 0 Å². The second-order valence-electron chi connectivity index (χ2n) is 2.50. The maximum Gasteiger partial charge on any atom is 0.384 e. The fourth-order valence-corrected chi connectivity index (χ4v) is 0.699. The van der Waals surface area contributed by atoms with Gasteiger partial charge < -0.3 is 18.9 Å². The molecule has 0 atom stereocenters. The van der Waals surface area contributed by atoms with Gasteiger partial charge in [0, 0.05) is 13.0 Å². The van der Waals surface area contributed by atoms with Gasteiger partial charge in [-0.2, -0.15) is 0 Å². The van der Waals surface area contributed by atoms with E-state index in [9.17, 15) is 4.79 Å². The van der Waals surface area contributed by atoms with Crippen LogP contribution in [0.5, 0.6) is 0 Å². The molecular weight excluding hydrogens is 200 g/mol. The van der Waals surface area contributed by atoms with E-state index in [2.05, 4.69) is 4.74 Å². The van der Waals surface area contributed by atoms with Crippen LogP contribution in [0.25, 0.3) is 0 Å². The Labute approximate surface area is 89.6 Å². The van der Waals surface area contributed by atoms with Crippen molar-refractivity contribution in [2.24, 2.45) is 0 Å². The van der Waals surface area contributed by atoms with Gasteiger partial charge in [0.25, 0.3) is 0 Å². The van der Waals surface area contributed by atoms with Gasteiger partial charge in [0.15, 0.2) is 0 Å². The number of methoxy groups -OCH3 is 1. The quantitative estimate of drug-likeness (QED) is 0.232. The van der Waals surface area contributed by atoms with Crippen molar-refractivity contribution in [2.45, 2.75) is 0 Å². The van der Waals surface area contributed by atoms with Crippen LogP contribution in [0.2, 0.25) is 0 Å². The number of esters is 1. The van der Waals surface area contributed by atoms with E-state index in [1.807, 2.05) is 5.92 Å². The highest BCUT2D eigenvalue weighted by atomic mass is 16.6. The number of carbonyl (C=O) groups excluding carboxylic acids is 1. The fourth-order valence-electron chi connectivity index (χ4n) is 0.699. The van der Waals surface area contributed by atoms with Crippen molar-refractivity contribution in [3.63, 3.8) is 0 Å². The summed E-state index contributed by atoms with van der Waals surface area (Å²) in [6, 6.07) is 0. The van der Waals surface area contributed by atoms with E-state index in [1.54, 1.807) is 7.11 Å². The number of ether oxygens (including phenoxy) is 4. The highest BCUT2D eigenvalue weighted by Gasteiger charge is 1.95. The highest BCUT2D eigenvalue weighted by Crippen LogP contribution is 1.82. The smallest absolute Gasteiger partial charge is 0.384 e. The van der Waals surface area contributed by atoms with Crippen LogP contribution in [0, 0.1) is 12.3 Å². The van der Waals surface area contributed by atoms with Crippen LogP contribution < -0.4 is 0 Å². The van der Waals surface area contributed by atoms with Crippen LogP contribution in [0.3, 0.4) is 0 Å². The molecule has 0 aromatic carbocycles. The molecule has 0 saturated heterocycles. The van der Waals surface area contributed by atoms with E-state index in [0.29, 0.717) is 33.0 Å². The summed E-state index contributed by atoms with van der Waals surface area (Å²) in [5.41, 5.74) is 0. The van der Waals surface area contributed by atoms with Crippen LogP contribution >= 0.6 is 0 Å².